The van der Waals surface area contributed by atoms with Crippen molar-refractivity contribution in [2.45, 2.75) is 62.7 Å². The zero-order valence-electron chi connectivity index (χ0n) is 20.0. The smallest absolute Gasteiger partial charge is 0.242 e. The van der Waals surface area contributed by atoms with E-state index in [1.165, 1.54) is 56.9 Å². The lowest BCUT2D eigenvalue weighted by molar-refractivity contribution is -0.121. The van der Waals surface area contributed by atoms with E-state index < -0.39 is 10.0 Å². The molecule has 4 fully saturated rings. The summed E-state index contributed by atoms with van der Waals surface area (Å²) in [4.78, 5) is 17.4. The highest BCUT2D eigenvalue weighted by Gasteiger charge is 2.50. The molecule has 1 aromatic carbocycles. The molecule has 0 atom stereocenters. The minimum Gasteiger partial charge on any atom is -0.356 e. The Balaban J connectivity index is 1.17. The lowest BCUT2D eigenvalue weighted by atomic mass is 9.49. The maximum Gasteiger partial charge on any atom is 0.242 e. The molecule has 4 aliphatic carbocycles. The second-order valence-electron chi connectivity index (χ2n) is 11.0. The van der Waals surface area contributed by atoms with Gasteiger partial charge in [0, 0.05) is 40.5 Å². The Morgan fingerprint density at radius 2 is 1.79 bits per heavy atom. The first-order valence-corrected chi connectivity index (χ1v) is 13.7. The van der Waals surface area contributed by atoms with E-state index in [1.54, 1.807) is 18.2 Å². The molecule has 6 rings (SSSR count). The van der Waals surface area contributed by atoms with Gasteiger partial charge in [0.1, 0.15) is 5.82 Å². The van der Waals surface area contributed by atoms with Crippen molar-refractivity contribution in [2.75, 3.05) is 20.6 Å². The zero-order chi connectivity index (χ0) is 23.4. The lowest BCUT2D eigenvalue weighted by Crippen LogP contribution is -2.47. The third kappa shape index (κ3) is 4.32. The number of carbonyl (C=O) groups is 1. The lowest BCUT2D eigenvalue weighted by Gasteiger charge is -2.57. The van der Waals surface area contributed by atoms with Gasteiger partial charge in [0.05, 0.1) is 15.9 Å². The Labute approximate surface area is 197 Å². The number of rotatable bonds is 8. The molecule has 0 unspecified atom stereocenters. The maximum absolute atomic E-state index is 12.6. The van der Waals surface area contributed by atoms with E-state index in [1.807, 2.05) is 11.6 Å². The van der Waals surface area contributed by atoms with E-state index in [0.717, 1.165) is 42.1 Å². The van der Waals surface area contributed by atoms with E-state index in [2.05, 4.69) is 10.3 Å². The molecular formula is C25H36N4O3S. The van der Waals surface area contributed by atoms with Crippen molar-refractivity contribution in [2.24, 2.45) is 30.2 Å². The predicted molar refractivity (Wildman–Crippen MR) is 128 cm³/mol. The van der Waals surface area contributed by atoms with Crippen molar-refractivity contribution in [1.29, 1.82) is 0 Å². The topological polar surface area (TPSA) is 84.3 Å². The highest BCUT2D eigenvalue weighted by Crippen LogP contribution is 2.61. The van der Waals surface area contributed by atoms with Crippen LogP contribution in [0.25, 0.3) is 11.0 Å². The first-order valence-electron chi connectivity index (χ1n) is 12.3. The number of carbonyl (C=O) groups excluding carboxylic acids is 1. The van der Waals surface area contributed by atoms with Crippen LogP contribution in [0, 0.1) is 23.2 Å². The molecule has 4 aliphatic rings. The maximum atomic E-state index is 12.6. The Hall–Kier alpha value is -1.93. The number of sulfonamides is 1. The second-order valence-corrected chi connectivity index (χ2v) is 13.2. The number of aromatic nitrogens is 2. The SMILES string of the molecule is CN(C)S(=O)(=O)c1ccc2c(c1)nc(CCC(=O)NCCC13CC4CC(CC(C4)C1)C3)n2C. The van der Waals surface area contributed by atoms with Crippen LogP contribution in [-0.4, -0.2) is 48.8 Å². The van der Waals surface area contributed by atoms with E-state index in [9.17, 15) is 13.2 Å². The summed E-state index contributed by atoms with van der Waals surface area (Å²) in [6.07, 6.45) is 10.5. The number of imidazole rings is 1. The van der Waals surface area contributed by atoms with Crippen molar-refractivity contribution in [3.63, 3.8) is 0 Å². The van der Waals surface area contributed by atoms with Gasteiger partial charge in [-0.25, -0.2) is 17.7 Å². The Morgan fingerprint density at radius 3 is 2.39 bits per heavy atom. The van der Waals surface area contributed by atoms with Gasteiger partial charge in [-0.2, -0.15) is 0 Å². The highest BCUT2D eigenvalue weighted by atomic mass is 32.2. The van der Waals surface area contributed by atoms with Gasteiger partial charge in [0.25, 0.3) is 0 Å². The standard InChI is InChI=1S/C25H36N4O3S/c1-28(2)33(31,32)20-4-5-22-21(13-20)27-23(29(22)3)6-7-24(30)26-9-8-25-14-17-10-18(15-25)12-19(11-17)16-25/h4-5,13,17-19H,6-12,14-16H2,1-3H3,(H,26,30). The molecule has 0 saturated heterocycles. The molecule has 4 saturated carbocycles. The van der Waals surface area contributed by atoms with Gasteiger partial charge in [-0.1, -0.05) is 0 Å². The van der Waals surface area contributed by atoms with Gasteiger partial charge < -0.3 is 9.88 Å². The quantitative estimate of drug-likeness (QED) is 0.638. The molecule has 1 amide bonds. The zero-order valence-corrected chi connectivity index (χ0v) is 20.8. The van der Waals surface area contributed by atoms with Gasteiger partial charge in [-0.3, -0.25) is 4.79 Å². The first-order chi connectivity index (χ1) is 15.6. The normalized spacial score (nSPS) is 28.7. The van der Waals surface area contributed by atoms with Crippen LogP contribution in [0.1, 0.15) is 57.2 Å². The molecule has 0 aliphatic heterocycles. The summed E-state index contributed by atoms with van der Waals surface area (Å²) in [5.74, 6) is 3.69. The van der Waals surface area contributed by atoms with Gasteiger partial charge in [-0.05, 0) is 86.3 Å². The van der Waals surface area contributed by atoms with Crippen LogP contribution in [0.4, 0.5) is 0 Å². The van der Waals surface area contributed by atoms with Crippen LogP contribution in [0.15, 0.2) is 23.1 Å². The van der Waals surface area contributed by atoms with Crippen molar-refractivity contribution >= 4 is 27.0 Å². The summed E-state index contributed by atoms with van der Waals surface area (Å²) < 4.78 is 28.0. The van der Waals surface area contributed by atoms with Crippen molar-refractivity contribution in [3.8, 4) is 0 Å². The average Bonchev–Trinajstić information content (AvgIpc) is 3.06. The molecular weight excluding hydrogens is 436 g/mol. The number of hydrogen-bond donors (Lipinski definition) is 1. The predicted octanol–water partition coefficient (Wildman–Crippen LogP) is 3.48. The fourth-order valence-corrected chi connectivity index (χ4v) is 8.12. The molecule has 4 bridgehead atoms. The second kappa shape index (κ2) is 8.38. The molecule has 33 heavy (non-hydrogen) atoms. The third-order valence-electron chi connectivity index (χ3n) is 8.44. The molecule has 1 heterocycles. The molecule has 7 nitrogen and oxygen atoms in total. The Kier molecular flexibility index (Phi) is 5.80. The summed E-state index contributed by atoms with van der Waals surface area (Å²) in [6, 6.07) is 5.01. The van der Waals surface area contributed by atoms with Crippen LogP contribution in [0.3, 0.4) is 0 Å². The van der Waals surface area contributed by atoms with Crippen molar-refractivity contribution in [1.82, 2.24) is 19.2 Å². The minimum absolute atomic E-state index is 0.0719. The van der Waals surface area contributed by atoms with Crippen molar-refractivity contribution in [3.05, 3.63) is 24.0 Å². The minimum atomic E-state index is -3.50. The average molecular weight is 473 g/mol. The monoisotopic (exact) mass is 472 g/mol. The van der Waals surface area contributed by atoms with E-state index in [0.29, 0.717) is 23.8 Å². The molecule has 1 N–H and O–H groups in total. The Morgan fingerprint density at radius 1 is 1.15 bits per heavy atom. The highest BCUT2D eigenvalue weighted by molar-refractivity contribution is 7.89. The summed E-state index contributed by atoms with van der Waals surface area (Å²) in [5, 5.41) is 3.16. The number of nitrogens with one attached hydrogen (secondary N) is 1. The number of hydrogen-bond acceptors (Lipinski definition) is 4. The molecule has 0 radical (unpaired) electrons. The first kappa shape index (κ1) is 22.8. The molecule has 180 valence electrons. The van der Waals surface area contributed by atoms with Crippen molar-refractivity contribution < 1.29 is 13.2 Å². The van der Waals surface area contributed by atoms with Gasteiger partial charge in [-0.15, -0.1) is 0 Å². The van der Waals surface area contributed by atoms with Gasteiger partial charge in [0.2, 0.25) is 15.9 Å². The number of fused-ring (bicyclic) bond motifs is 1. The van der Waals surface area contributed by atoms with Crippen LogP contribution in [-0.2, 0) is 28.3 Å². The van der Waals surface area contributed by atoms with E-state index in [-0.39, 0.29) is 10.8 Å². The largest absolute Gasteiger partial charge is 0.356 e. The fraction of sp³-hybridized carbons (Fsp3) is 0.680. The summed E-state index contributed by atoms with van der Waals surface area (Å²) in [5.41, 5.74) is 1.99. The molecule has 0 spiro atoms. The van der Waals surface area contributed by atoms with Crippen LogP contribution < -0.4 is 5.32 Å². The van der Waals surface area contributed by atoms with Crippen LogP contribution in [0.2, 0.25) is 0 Å². The number of nitrogens with zero attached hydrogens (tertiary/aromatic N) is 3. The number of benzene rings is 1. The Bertz CT molecular complexity index is 1130. The van der Waals surface area contributed by atoms with E-state index in [4.69, 9.17) is 0 Å². The molecule has 8 heteroatoms. The fourth-order valence-electron chi connectivity index (χ4n) is 7.20. The molecule has 2 aromatic rings. The number of aryl methyl sites for hydroxylation is 2. The number of amides is 1. The summed E-state index contributed by atoms with van der Waals surface area (Å²) >= 11 is 0. The summed E-state index contributed by atoms with van der Waals surface area (Å²) in [7, 11) is 1.45. The summed E-state index contributed by atoms with van der Waals surface area (Å²) in [6.45, 7) is 0.777. The molecule has 1 aromatic heterocycles. The van der Waals surface area contributed by atoms with Gasteiger partial charge in [0.15, 0.2) is 0 Å². The van der Waals surface area contributed by atoms with Crippen LogP contribution >= 0.6 is 0 Å². The van der Waals surface area contributed by atoms with Gasteiger partial charge >= 0.3 is 0 Å². The van der Waals surface area contributed by atoms with E-state index >= 15 is 0 Å². The van der Waals surface area contributed by atoms with Crippen LogP contribution in [0.5, 0.6) is 0 Å². The third-order valence-corrected chi connectivity index (χ3v) is 10.3.